The second-order valence-electron chi connectivity index (χ2n) is 2.28. The van der Waals surface area contributed by atoms with E-state index in [9.17, 15) is 0 Å². The molecule has 0 amide bonds. The van der Waals surface area contributed by atoms with E-state index in [0.717, 1.165) is 15.7 Å². The molecule has 1 rings (SSSR count). The van der Waals surface area contributed by atoms with Crippen molar-refractivity contribution in [2.75, 3.05) is 0 Å². The first-order valence-electron chi connectivity index (χ1n) is 3.08. The fraction of sp³-hybridized carbons (Fsp3) is 0.125. The van der Waals surface area contributed by atoms with Crippen molar-refractivity contribution in [1.82, 2.24) is 4.98 Å². The fourth-order valence-corrected chi connectivity index (χ4v) is 1.46. The number of pyridine rings is 1. The van der Waals surface area contributed by atoms with E-state index in [2.05, 4.69) is 27.5 Å². The third kappa shape index (κ3) is 2.31. The summed E-state index contributed by atoms with van der Waals surface area (Å²) >= 11 is 8.96. The van der Waals surface area contributed by atoms with Gasteiger partial charge in [-0.15, -0.1) is 0 Å². The van der Waals surface area contributed by atoms with Crippen molar-refractivity contribution in [2.45, 2.75) is 6.92 Å². The molecule has 0 aliphatic heterocycles. The van der Waals surface area contributed by atoms with E-state index in [0.29, 0.717) is 5.15 Å². The van der Waals surface area contributed by atoms with Gasteiger partial charge in [-0.05, 0) is 40.5 Å². The zero-order chi connectivity index (χ0) is 8.43. The van der Waals surface area contributed by atoms with Gasteiger partial charge in [0.2, 0.25) is 0 Å². The van der Waals surface area contributed by atoms with Crippen molar-refractivity contribution < 1.29 is 0 Å². The van der Waals surface area contributed by atoms with E-state index in [1.54, 1.807) is 6.07 Å². The smallest absolute Gasteiger partial charge is 0.130 e. The van der Waals surface area contributed by atoms with E-state index in [1.165, 1.54) is 0 Å². The van der Waals surface area contributed by atoms with Crippen molar-refractivity contribution in [3.63, 3.8) is 0 Å². The first-order valence-corrected chi connectivity index (χ1v) is 4.25. The minimum atomic E-state index is 0.484. The quantitative estimate of drug-likeness (QED) is 0.675. The first-order chi connectivity index (χ1) is 5.09. The molecule has 0 fully saturated rings. The van der Waals surface area contributed by atoms with Crippen LogP contribution in [0.1, 0.15) is 12.5 Å². The summed E-state index contributed by atoms with van der Waals surface area (Å²) < 4.78 is 0.739. The second-order valence-corrected chi connectivity index (χ2v) is 3.48. The van der Waals surface area contributed by atoms with Crippen molar-refractivity contribution in [1.29, 1.82) is 0 Å². The molecule has 1 heterocycles. The molecule has 11 heavy (non-hydrogen) atoms. The molecule has 0 saturated heterocycles. The highest BCUT2D eigenvalue weighted by Crippen LogP contribution is 2.19. The average molecular weight is 233 g/mol. The van der Waals surface area contributed by atoms with Crippen LogP contribution in [0.2, 0.25) is 5.15 Å². The minimum Gasteiger partial charge on any atom is -0.229 e. The van der Waals surface area contributed by atoms with Gasteiger partial charge in [-0.25, -0.2) is 4.98 Å². The van der Waals surface area contributed by atoms with E-state index in [-0.39, 0.29) is 0 Å². The number of rotatable bonds is 1. The van der Waals surface area contributed by atoms with Gasteiger partial charge in [0, 0.05) is 0 Å². The normalized spacial score (nSPS) is 9.73. The molecule has 0 N–H and O–H groups in total. The van der Waals surface area contributed by atoms with Crippen molar-refractivity contribution in [3.8, 4) is 0 Å². The van der Waals surface area contributed by atoms with Gasteiger partial charge in [0.05, 0.1) is 0 Å². The summed E-state index contributed by atoms with van der Waals surface area (Å²) in [6, 6.07) is 3.67. The van der Waals surface area contributed by atoms with Crippen LogP contribution in [0.15, 0.2) is 23.3 Å². The van der Waals surface area contributed by atoms with Crippen LogP contribution in [0.3, 0.4) is 0 Å². The minimum absolute atomic E-state index is 0.484. The van der Waals surface area contributed by atoms with Gasteiger partial charge in [0.25, 0.3) is 0 Å². The lowest BCUT2D eigenvalue weighted by Gasteiger charge is -1.99. The van der Waals surface area contributed by atoms with Crippen LogP contribution in [0.5, 0.6) is 0 Å². The number of aromatic nitrogens is 1. The highest BCUT2D eigenvalue weighted by Gasteiger charge is 1.98. The molecule has 0 aliphatic rings. The lowest BCUT2D eigenvalue weighted by molar-refractivity contribution is 1.26. The Balaban J connectivity index is 3.19. The van der Waals surface area contributed by atoms with Crippen LogP contribution in [0, 0.1) is 0 Å². The lowest BCUT2D eigenvalue weighted by Crippen LogP contribution is -1.82. The standard InChI is InChI=1S/C8H7BrClN/c1-5(2)6-3-7(9)11-8(10)4-6/h3-4H,1H2,2H3. The van der Waals surface area contributed by atoms with Gasteiger partial charge in [0.1, 0.15) is 9.76 Å². The van der Waals surface area contributed by atoms with Crippen LogP contribution < -0.4 is 0 Å². The molecule has 1 aromatic rings. The third-order valence-corrected chi connectivity index (χ3v) is 1.86. The Morgan fingerprint density at radius 2 is 2.27 bits per heavy atom. The zero-order valence-corrected chi connectivity index (χ0v) is 8.41. The number of hydrogen-bond acceptors (Lipinski definition) is 1. The maximum atomic E-state index is 5.71. The van der Waals surface area contributed by atoms with Crippen molar-refractivity contribution in [3.05, 3.63) is 34.0 Å². The largest absolute Gasteiger partial charge is 0.229 e. The molecule has 58 valence electrons. The van der Waals surface area contributed by atoms with Crippen molar-refractivity contribution >= 4 is 33.1 Å². The maximum absolute atomic E-state index is 5.71. The SMILES string of the molecule is C=C(C)c1cc(Cl)nc(Br)c1. The number of hydrogen-bond donors (Lipinski definition) is 0. The molecular weight excluding hydrogens is 225 g/mol. The highest BCUT2D eigenvalue weighted by molar-refractivity contribution is 9.10. The zero-order valence-electron chi connectivity index (χ0n) is 6.06. The number of allylic oxidation sites excluding steroid dienone is 1. The summed E-state index contributed by atoms with van der Waals surface area (Å²) in [6.45, 7) is 5.73. The summed E-state index contributed by atoms with van der Waals surface area (Å²) in [5, 5.41) is 0.484. The molecule has 0 atom stereocenters. The topological polar surface area (TPSA) is 12.9 Å². The molecule has 0 saturated carbocycles. The molecule has 3 heteroatoms. The summed E-state index contributed by atoms with van der Waals surface area (Å²) in [4.78, 5) is 3.96. The maximum Gasteiger partial charge on any atom is 0.130 e. The lowest BCUT2D eigenvalue weighted by atomic mass is 10.1. The number of nitrogens with zero attached hydrogens (tertiary/aromatic N) is 1. The highest BCUT2D eigenvalue weighted by atomic mass is 79.9. The molecule has 0 aliphatic carbocycles. The molecule has 0 spiro atoms. The molecule has 0 aromatic carbocycles. The summed E-state index contributed by atoms with van der Waals surface area (Å²) in [6.07, 6.45) is 0. The monoisotopic (exact) mass is 231 g/mol. The van der Waals surface area contributed by atoms with Gasteiger partial charge in [-0.3, -0.25) is 0 Å². The van der Waals surface area contributed by atoms with Crippen molar-refractivity contribution in [2.24, 2.45) is 0 Å². The summed E-state index contributed by atoms with van der Waals surface area (Å²) in [7, 11) is 0. The van der Waals surface area contributed by atoms with Crippen LogP contribution >= 0.6 is 27.5 Å². The fourth-order valence-electron chi connectivity index (χ4n) is 0.711. The predicted molar refractivity (Wildman–Crippen MR) is 51.7 cm³/mol. The van der Waals surface area contributed by atoms with Crippen LogP contribution in [-0.2, 0) is 0 Å². The molecule has 0 radical (unpaired) electrons. The van der Waals surface area contributed by atoms with Crippen LogP contribution in [0.25, 0.3) is 5.57 Å². The van der Waals surface area contributed by atoms with Crippen LogP contribution in [0.4, 0.5) is 0 Å². The molecule has 1 aromatic heterocycles. The van der Waals surface area contributed by atoms with Gasteiger partial charge < -0.3 is 0 Å². The average Bonchev–Trinajstić information content (AvgIpc) is 1.85. The Labute approximate surface area is 79.2 Å². The van der Waals surface area contributed by atoms with E-state index < -0.39 is 0 Å². The Bertz CT molecular complexity index is 276. The second kappa shape index (κ2) is 3.37. The Morgan fingerprint density at radius 3 is 2.73 bits per heavy atom. The predicted octanol–water partition coefficient (Wildman–Crippen LogP) is 3.53. The summed E-state index contributed by atoms with van der Waals surface area (Å²) in [5.41, 5.74) is 1.99. The Morgan fingerprint density at radius 1 is 1.64 bits per heavy atom. The van der Waals surface area contributed by atoms with Gasteiger partial charge in [-0.1, -0.05) is 23.8 Å². The summed E-state index contributed by atoms with van der Waals surface area (Å²) in [5.74, 6) is 0. The van der Waals surface area contributed by atoms with Crippen LogP contribution in [-0.4, -0.2) is 4.98 Å². The Hall–Kier alpha value is -0.340. The van der Waals surface area contributed by atoms with Gasteiger partial charge in [-0.2, -0.15) is 0 Å². The van der Waals surface area contributed by atoms with Gasteiger partial charge in [0.15, 0.2) is 0 Å². The van der Waals surface area contributed by atoms with E-state index >= 15 is 0 Å². The molecule has 1 nitrogen and oxygen atoms in total. The van der Waals surface area contributed by atoms with Gasteiger partial charge >= 0.3 is 0 Å². The number of halogens is 2. The third-order valence-electron chi connectivity index (χ3n) is 1.26. The Kier molecular flexibility index (Phi) is 2.68. The molecule has 0 bridgehead atoms. The molecular formula is C8H7BrClN. The molecule has 0 unspecified atom stereocenters. The van der Waals surface area contributed by atoms with E-state index in [4.69, 9.17) is 11.6 Å². The first kappa shape index (κ1) is 8.75. The van der Waals surface area contributed by atoms with E-state index in [1.807, 2.05) is 13.0 Å².